The number of nitrogens with one attached hydrogen (secondary N) is 1. The molecule has 2 atom stereocenters. The third-order valence-electron chi connectivity index (χ3n) is 5.40. The Bertz CT molecular complexity index is 773. The summed E-state index contributed by atoms with van der Waals surface area (Å²) in [6, 6.07) is 5.47. The second-order valence-electron chi connectivity index (χ2n) is 7.38. The molecule has 1 saturated carbocycles. The first-order valence-corrected chi connectivity index (χ1v) is 9.51. The number of rotatable bonds is 6. The lowest BCUT2D eigenvalue weighted by molar-refractivity contribution is -0.141. The van der Waals surface area contributed by atoms with Crippen LogP contribution in [-0.2, 0) is 19.2 Å². The van der Waals surface area contributed by atoms with Crippen molar-refractivity contribution in [2.75, 3.05) is 25.5 Å². The summed E-state index contributed by atoms with van der Waals surface area (Å²) in [7, 11) is 1.47. The normalized spacial score (nSPS) is 21.4. The topological polar surface area (TPSA) is 86.8 Å². The number of imide groups is 1. The molecule has 1 aliphatic carbocycles. The van der Waals surface area contributed by atoms with Crippen LogP contribution in [0.25, 0.3) is 0 Å². The lowest BCUT2D eigenvalue weighted by atomic mass is 9.81. The van der Waals surface area contributed by atoms with Crippen LogP contribution in [-0.4, -0.2) is 53.6 Å². The summed E-state index contributed by atoms with van der Waals surface area (Å²) in [6.07, 6.45) is 3.35. The largest absolute Gasteiger partial charge is 0.336 e. The zero-order valence-electron chi connectivity index (χ0n) is 15.8. The molecule has 1 aromatic carbocycles. The Labute approximate surface area is 162 Å². The molecule has 8 heteroatoms. The predicted molar refractivity (Wildman–Crippen MR) is 99.5 cm³/mol. The lowest BCUT2D eigenvalue weighted by Gasteiger charge is -2.19. The molecule has 3 rings (SSSR count). The van der Waals surface area contributed by atoms with Crippen LogP contribution in [0, 0.1) is 17.7 Å². The van der Waals surface area contributed by atoms with E-state index in [9.17, 15) is 23.6 Å². The van der Waals surface area contributed by atoms with Crippen molar-refractivity contribution in [1.29, 1.82) is 0 Å². The number of carbonyl (C=O) groups is 4. The first kappa shape index (κ1) is 20.0. The highest BCUT2D eigenvalue weighted by molar-refractivity contribution is 6.05. The number of benzene rings is 1. The number of anilines is 1. The summed E-state index contributed by atoms with van der Waals surface area (Å²) in [5.41, 5.74) is 0.307. The van der Waals surface area contributed by atoms with Gasteiger partial charge in [-0.15, -0.1) is 0 Å². The Morgan fingerprint density at radius 1 is 1.18 bits per heavy atom. The monoisotopic (exact) mass is 389 g/mol. The van der Waals surface area contributed by atoms with Gasteiger partial charge in [0, 0.05) is 25.7 Å². The van der Waals surface area contributed by atoms with Crippen molar-refractivity contribution in [3.63, 3.8) is 0 Å². The highest BCUT2D eigenvalue weighted by Gasteiger charge is 2.47. The van der Waals surface area contributed by atoms with E-state index in [0.717, 1.165) is 25.7 Å². The molecule has 1 aliphatic heterocycles. The summed E-state index contributed by atoms with van der Waals surface area (Å²) in [5, 5.41) is 2.52. The molecule has 28 heavy (non-hydrogen) atoms. The van der Waals surface area contributed by atoms with Gasteiger partial charge in [-0.3, -0.25) is 24.1 Å². The molecule has 0 spiro atoms. The van der Waals surface area contributed by atoms with Gasteiger partial charge in [-0.2, -0.15) is 0 Å². The van der Waals surface area contributed by atoms with Crippen LogP contribution < -0.4 is 5.32 Å². The standard InChI is InChI=1S/C20H24FN3O4/c1-23(12-17(25)22-14-6-4-5-13(21)11-14)18(26)9-10-24-19(27)15-7-2-3-8-16(15)20(24)28/h4-6,11,15-16H,2-3,7-10,12H2,1H3,(H,22,25)/t15-,16+. The average molecular weight is 389 g/mol. The fourth-order valence-corrected chi connectivity index (χ4v) is 3.92. The van der Waals surface area contributed by atoms with Crippen molar-refractivity contribution in [2.45, 2.75) is 32.1 Å². The zero-order chi connectivity index (χ0) is 20.3. The maximum Gasteiger partial charge on any atom is 0.243 e. The number of nitrogens with zero attached hydrogens (tertiary/aromatic N) is 2. The Balaban J connectivity index is 1.48. The van der Waals surface area contributed by atoms with Gasteiger partial charge in [0.1, 0.15) is 5.82 Å². The maximum absolute atomic E-state index is 13.2. The molecule has 0 aromatic heterocycles. The molecule has 7 nitrogen and oxygen atoms in total. The Morgan fingerprint density at radius 2 is 1.82 bits per heavy atom. The van der Waals surface area contributed by atoms with E-state index in [2.05, 4.69) is 5.32 Å². The molecule has 1 saturated heterocycles. The first-order chi connectivity index (χ1) is 13.4. The predicted octanol–water partition coefficient (Wildman–Crippen LogP) is 1.79. The molecule has 0 radical (unpaired) electrons. The van der Waals surface area contributed by atoms with Gasteiger partial charge in [0.05, 0.1) is 18.4 Å². The summed E-state index contributed by atoms with van der Waals surface area (Å²) < 4.78 is 13.2. The van der Waals surface area contributed by atoms with Gasteiger partial charge in [0.2, 0.25) is 23.6 Å². The van der Waals surface area contributed by atoms with E-state index in [-0.39, 0.29) is 49.1 Å². The molecule has 4 amide bonds. The number of carbonyl (C=O) groups excluding carboxylic acids is 4. The van der Waals surface area contributed by atoms with Gasteiger partial charge in [0.25, 0.3) is 0 Å². The van der Waals surface area contributed by atoms with E-state index in [1.54, 1.807) is 6.07 Å². The molecule has 2 aliphatic rings. The number of likely N-dealkylation sites (tertiary alicyclic amines) is 1. The zero-order valence-corrected chi connectivity index (χ0v) is 15.8. The minimum Gasteiger partial charge on any atom is -0.336 e. The van der Waals surface area contributed by atoms with Crippen LogP contribution in [0.3, 0.4) is 0 Å². The van der Waals surface area contributed by atoms with Gasteiger partial charge >= 0.3 is 0 Å². The van der Waals surface area contributed by atoms with E-state index in [0.29, 0.717) is 5.69 Å². The Kier molecular flexibility index (Phi) is 6.06. The molecular formula is C20H24FN3O4. The maximum atomic E-state index is 13.2. The van der Waals surface area contributed by atoms with Crippen LogP contribution in [0.5, 0.6) is 0 Å². The second-order valence-corrected chi connectivity index (χ2v) is 7.38. The molecule has 0 unspecified atom stereocenters. The molecular weight excluding hydrogens is 365 g/mol. The van der Waals surface area contributed by atoms with E-state index in [4.69, 9.17) is 0 Å². The van der Waals surface area contributed by atoms with Crippen LogP contribution in [0.1, 0.15) is 32.1 Å². The molecule has 2 fully saturated rings. The fraction of sp³-hybridized carbons (Fsp3) is 0.500. The Morgan fingerprint density at radius 3 is 2.43 bits per heavy atom. The van der Waals surface area contributed by atoms with Gasteiger partial charge in [0.15, 0.2) is 0 Å². The molecule has 1 heterocycles. The van der Waals surface area contributed by atoms with E-state index in [1.807, 2.05) is 0 Å². The molecule has 1 aromatic rings. The number of hydrogen-bond donors (Lipinski definition) is 1. The third-order valence-corrected chi connectivity index (χ3v) is 5.40. The molecule has 1 N–H and O–H groups in total. The van der Waals surface area contributed by atoms with Crippen LogP contribution >= 0.6 is 0 Å². The SMILES string of the molecule is CN(CC(=O)Nc1cccc(F)c1)C(=O)CCN1C(=O)[C@H]2CCCC[C@H]2C1=O. The minimum atomic E-state index is -0.470. The molecule has 0 bridgehead atoms. The minimum absolute atomic E-state index is 0.0271. The first-order valence-electron chi connectivity index (χ1n) is 9.51. The Hall–Kier alpha value is -2.77. The number of likely N-dealkylation sites (N-methyl/N-ethyl adjacent to an activating group) is 1. The highest BCUT2D eigenvalue weighted by Crippen LogP contribution is 2.37. The van der Waals surface area contributed by atoms with Gasteiger partial charge in [-0.05, 0) is 31.0 Å². The highest BCUT2D eigenvalue weighted by atomic mass is 19.1. The van der Waals surface area contributed by atoms with Crippen LogP contribution in [0.15, 0.2) is 24.3 Å². The fourth-order valence-electron chi connectivity index (χ4n) is 3.92. The number of fused-ring (bicyclic) bond motifs is 1. The second kappa shape index (κ2) is 8.50. The summed E-state index contributed by atoms with van der Waals surface area (Å²) in [5.74, 6) is -2.08. The summed E-state index contributed by atoms with van der Waals surface area (Å²) in [4.78, 5) is 51.6. The van der Waals surface area contributed by atoms with Crippen molar-refractivity contribution < 1.29 is 23.6 Å². The van der Waals surface area contributed by atoms with Crippen LogP contribution in [0.4, 0.5) is 10.1 Å². The van der Waals surface area contributed by atoms with Crippen molar-refractivity contribution >= 4 is 29.3 Å². The number of amides is 4. The third kappa shape index (κ3) is 4.37. The number of halogens is 1. The lowest BCUT2D eigenvalue weighted by Crippen LogP contribution is -2.38. The van der Waals surface area contributed by atoms with Gasteiger partial charge in [-0.1, -0.05) is 18.9 Å². The average Bonchev–Trinajstić information content (AvgIpc) is 2.90. The van der Waals surface area contributed by atoms with E-state index >= 15 is 0 Å². The van der Waals surface area contributed by atoms with Crippen LogP contribution in [0.2, 0.25) is 0 Å². The number of hydrogen-bond acceptors (Lipinski definition) is 4. The smallest absolute Gasteiger partial charge is 0.243 e. The van der Waals surface area contributed by atoms with Crippen molar-refractivity contribution in [3.05, 3.63) is 30.1 Å². The summed E-state index contributed by atoms with van der Waals surface area (Å²) >= 11 is 0. The van der Waals surface area contributed by atoms with E-state index < -0.39 is 11.7 Å². The summed E-state index contributed by atoms with van der Waals surface area (Å²) in [6.45, 7) is -0.165. The van der Waals surface area contributed by atoms with Gasteiger partial charge < -0.3 is 10.2 Å². The van der Waals surface area contributed by atoms with Gasteiger partial charge in [-0.25, -0.2) is 4.39 Å². The van der Waals surface area contributed by atoms with Crippen molar-refractivity contribution in [3.8, 4) is 0 Å². The molecule has 150 valence electrons. The van der Waals surface area contributed by atoms with Crippen molar-refractivity contribution in [2.24, 2.45) is 11.8 Å². The van der Waals surface area contributed by atoms with Crippen molar-refractivity contribution in [1.82, 2.24) is 9.80 Å². The quantitative estimate of drug-likeness (QED) is 0.752. The van der Waals surface area contributed by atoms with E-state index in [1.165, 1.54) is 35.0 Å².